The Bertz CT molecular complexity index is 837. The maximum Gasteiger partial charge on any atom is 0.303 e. The van der Waals surface area contributed by atoms with Crippen LogP contribution in [-0.2, 0) is 24.2 Å². The van der Waals surface area contributed by atoms with Gasteiger partial charge in [-0.1, -0.05) is 25.1 Å². The minimum absolute atomic E-state index is 0.0600. The lowest BCUT2D eigenvalue weighted by Crippen LogP contribution is -2.30. The molecular weight excluding hydrogens is 355 g/mol. The van der Waals surface area contributed by atoms with Crippen molar-refractivity contribution in [3.8, 4) is 0 Å². The molecule has 2 aromatic rings. The van der Waals surface area contributed by atoms with Crippen molar-refractivity contribution >= 4 is 17.3 Å². The van der Waals surface area contributed by atoms with Gasteiger partial charge in [-0.3, -0.25) is 4.79 Å². The van der Waals surface area contributed by atoms with E-state index in [1.54, 1.807) is 6.07 Å². The number of carboxylic acid groups (broad SMARTS) is 1. The Hall–Kier alpha value is -2.56. The second-order valence-electron chi connectivity index (χ2n) is 7.58. The van der Waals surface area contributed by atoms with E-state index < -0.39 is 5.97 Å². The summed E-state index contributed by atoms with van der Waals surface area (Å²) < 4.78 is 14.3. The van der Waals surface area contributed by atoms with Gasteiger partial charge in [-0.05, 0) is 60.6 Å². The van der Waals surface area contributed by atoms with Crippen molar-refractivity contribution in [2.75, 3.05) is 29.9 Å². The molecule has 0 saturated carbocycles. The Balaban J connectivity index is 1.72. The summed E-state index contributed by atoms with van der Waals surface area (Å²) in [6.45, 7) is 5.10. The third kappa shape index (κ3) is 4.83. The van der Waals surface area contributed by atoms with Gasteiger partial charge in [-0.2, -0.15) is 0 Å². The smallest absolute Gasteiger partial charge is 0.303 e. The Kier molecular flexibility index (Phi) is 6.55. The van der Waals surface area contributed by atoms with Crippen LogP contribution in [0, 0.1) is 5.82 Å². The summed E-state index contributed by atoms with van der Waals surface area (Å²) in [5, 5.41) is 8.78. The summed E-state index contributed by atoms with van der Waals surface area (Å²) in [5.74, 6) is -1.25. The number of rotatable bonds is 8. The Morgan fingerprint density at radius 3 is 2.79 bits per heavy atom. The van der Waals surface area contributed by atoms with Crippen molar-refractivity contribution in [3.63, 3.8) is 0 Å². The van der Waals surface area contributed by atoms with Crippen LogP contribution in [-0.4, -0.2) is 31.2 Å². The summed E-state index contributed by atoms with van der Waals surface area (Å²) in [6.07, 6.45) is 3.63. The molecule has 0 unspecified atom stereocenters. The van der Waals surface area contributed by atoms with Crippen LogP contribution < -0.4 is 9.80 Å². The van der Waals surface area contributed by atoms with Gasteiger partial charge in [0.1, 0.15) is 5.82 Å². The van der Waals surface area contributed by atoms with Crippen LogP contribution in [0.15, 0.2) is 36.4 Å². The van der Waals surface area contributed by atoms with Gasteiger partial charge >= 0.3 is 5.97 Å². The normalized spacial score (nSPS) is 13.3. The van der Waals surface area contributed by atoms with Crippen molar-refractivity contribution in [2.45, 2.75) is 45.6 Å². The van der Waals surface area contributed by atoms with Crippen molar-refractivity contribution in [1.82, 2.24) is 0 Å². The number of carboxylic acids is 1. The minimum Gasteiger partial charge on any atom is -0.481 e. The molecule has 1 aliphatic rings. The van der Waals surface area contributed by atoms with Gasteiger partial charge in [-0.15, -0.1) is 0 Å². The van der Waals surface area contributed by atoms with E-state index >= 15 is 0 Å². The van der Waals surface area contributed by atoms with Gasteiger partial charge in [0.25, 0.3) is 0 Å². The topological polar surface area (TPSA) is 43.8 Å². The highest BCUT2D eigenvalue weighted by atomic mass is 19.1. The lowest BCUT2D eigenvalue weighted by molar-refractivity contribution is -0.136. The number of aryl methyl sites for hydroxylation is 2. The van der Waals surface area contributed by atoms with E-state index in [1.807, 2.05) is 18.0 Å². The minimum atomic E-state index is -0.912. The predicted molar refractivity (Wildman–Crippen MR) is 112 cm³/mol. The highest BCUT2D eigenvalue weighted by molar-refractivity contribution is 5.67. The molecule has 28 heavy (non-hydrogen) atoms. The molecule has 0 saturated heterocycles. The zero-order valence-electron chi connectivity index (χ0n) is 16.7. The number of benzene rings is 2. The molecule has 0 amide bonds. The van der Waals surface area contributed by atoms with Crippen molar-refractivity contribution < 1.29 is 14.3 Å². The largest absolute Gasteiger partial charge is 0.481 e. The first-order valence-electron chi connectivity index (χ1n) is 10.1. The van der Waals surface area contributed by atoms with Gasteiger partial charge < -0.3 is 14.9 Å². The van der Waals surface area contributed by atoms with Gasteiger partial charge in [-0.25, -0.2) is 4.39 Å². The number of hydrogen-bond donors (Lipinski definition) is 1. The van der Waals surface area contributed by atoms with Crippen molar-refractivity contribution in [1.29, 1.82) is 0 Å². The van der Waals surface area contributed by atoms with Crippen LogP contribution in [0.4, 0.5) is 15.8 Å². The zero-order chi connectivity index (χ0) is 20.1. The molecule has 0 aromatic heterocycles. The fourth-order valence-corrected chi connectivity index (χ4v) is 3.88. The number of anilines is 2. The van der Waals surface area contributed by atoms with E-state index in [2.05, 4.69) is 30.0 Å². The Labute approximate surface area is 166 Å². The third-order valence-electron chi connectivity index (χ3n) is 5.36. The Morgan fingerprint density at radius 1 is 1.25 bits per heavy atom. The molecule has 4 nitrogen and oxygen atoms in total. The average Bonchev–Trinajstić information content (AvgIpc) is 2.67. The first-order chi connectivity index (χ1) is 13.5. The van der Waals surface area contributed by atoms with E-state index in [1.165, 1.54) is 29.3 Å². The molecule has 0 atom stereocenters. The molecule has 0 radical (unpaired) electrons. The number of halogens is 1. The van der Waals surface area contributed by atoms with Crippen molar-refractivity contribution in [2.24, 2.45) is 0 Å². The molecule has 2 aromatic carbocycles. The standard InChI is InChI=1S/C23H29FN2O2/c1-3-12-26-13-4-5-19-7-6-17(14-22(19)26)16-25(2)20-10-8-18(21(24)15-20)9-11-23(27)28/h6-8,10,14-15H,3-5,9,11-13,16H2,1-2H3,(H,27,28). The Morgan fingerprint density at radius 2 is 2.07 bits per heavy atom. The molecule has 0 spiro atoms. The fourth-order valence-electron chi connectivity index (χ4n) is 3.88. The van der Waals surface area contributed by atoms with Crippen LogP contribution in [0.2, 0.25) is 0 Å². The van der Waals surface area contributed by atoms with Crippen molar-refractivity contribution in [3.05, 3.63) is 58.9 Å². The van der Waals surface area contributed by atoms with Gasteiger partial charge in [0.2, 0.25) is 0 Å². The monoisotopic (exact) mass is 384 g/mol. The van der Waals surface area contributed by atoms with E-state index in [4.69, 9.17) is 5.11 Å². The maximum absolute atomic E-state index is 14.3. The predicted octanol–water partition coefficient (Wildman–Crippen LogP) is 4.64. The first kappa shape index (κ1) is 20.2. The van der Waals surface area contributed by atoms with Crippen LogP contribution in [0.1, 0.15) is 42.9 Å². The molecule has 1 aliphatic heterocycles. The molecule has 0 fully saturated rings. The van der Waals surface area contributed by atoms with Crippen LogP contribution in [0.5, 0.6) is 0 Å². The van der Waals surface area contributed by atoms with Gasteiger partial charge in [0, 0.05) is 44.5 Å². The van der Waals surface area contributed by atoms with E-state index in [0.29, 0.717) is 12.1 Å². The molecule has 1 N–H and O–H groups in total. The maximum atomic E-state index is 14.3. The molecule has 5 heteroatoms. The third-order valence-corrected chi connectivity index (χ3v) is 5.36. The van der Waals surface area contributed by atoms with Gasteiger partial charge in [0.15, 0.2) is 0 Å². The molecule has 150 valence electrons. The number of aliphatic carboxylic acids is 1. The molecule has 3 rings (SSSR count). The molecule has 0 aliphatic carbocycles. The van der Waals surface area contributed by atoms with Gasteiger partial charge in [0.05, 0.1) is 0 Å². The lowest BCUT2D eigenvalue weighted by Gasteiger charge is -2.32. The van der Waals surface area contributed by atoms with Crippen LogP contribution in [0.3, 0.4) is 0 Å². The second kappa shape index (κ2) is 9.09. The SMILES string of the molecule is CCCN1CCCc2ccc(CN(C)c3ccc(CCC(=O)O)c(F)c3)cc21. The first-order valence-corrected chi connectivity index (χ1v) is 10.1. The molecule has 1 heterocycles. The summed E-state index contributed by atoms with van der Waals surface area (Å²) in [5.41, 5.74) is 5.21. The number of fused-ring (bicyclic) bond motifs is 1. The average molecular weight is 384 g/mol. The second-order valence-corrected chi connectivity index (χ2v) is 7.58. The van der Waals surface area contributed by atoms with E-state index in [-0.39, 0.29) is 18.7 Å². The highest BCUT2D eigenvalue weighted by Crippen LogP contribution is 2.29. The summed E-state index contributed by atoms with van der Waals surface area (Å²) in [4.78, 5) is 15.2. The number of carbonyl (C=O) groups is 1. The fraction of sp³-hybridized carbons (Fsp3) is 0.435. The lowest BCUT2D eigenvalue weighted by atomic mass is 9.99. The van der Waals surface area contributed by atoms with E-state index in [0.717, 1.165) is 31.6 Å². The zero-order valence-corrected chi connectivity index (χ0v) is 16.7. The summed E-state index contributed by atoms with van der Waals surface area (Å²) in [7, 11) is 1.95. The number of hydrogen-bond acceptors (Lipinski definition) is 3. The summed E-state index contributed by atoms with van der Waals surface area (Å²) >= 11 is 0. The quantitative estimate of drug-likeness (QED) is 0.720. The molecular formula is C23H29FN2O2. The van der Waals surface area contributed by atoms with Crippen LogP contribution in [0.25, 0.3) is 0 Å². The number of nitrogens with zero attached hydrogens (tertiary/aromatic N) is 2. The summed E-state index contributed by atoms with van der Waals surface area (Å²) in [6, 6.07) is 11.7. The molecule has 0 bridgehead atoms. The highest BCUT2D eigenvalue weighted by Gasteiger charge is 2.17. The van der Waals surface area contributed by atoms with Crippen LogP contribution >= 0.6 is 0 Å². The van der Waals surface area contributed by atoms with E-state index in [9.17, 15) is 9.18 Å².